The molecule has 1 heterocycles. The van der Waals surface area contributed by atoms with Crippen LogP contribution in [0.3, 0.4) is 0 Å². The lowest BCUT2D eigenvalue weighted by Gasteiger charge is -2.02. The van der Waals surface area contributed by atoms with Gasteiger partial charge in [-0.3, -0.25) is 4.79 Å². The van der Waals surface area contributed by atoms with Crippen LogP contribution >= 0.6 is 0 Å². The fourth-order valence-corrected chi connectivity index (χ4v) is 1.28. The highest BCUT2D eigenvalue weighted by molar-refractivity contribution is 6.10. The molecule has 0 fully saturated rings. The number of carbonyl (C=O) groups excluding carboxylic acids is 1. The highest BCUT2D eigenvalue weighted by Crippen LogP contribution is 2.17. The number of rotatable bonds is 2. The van der Waals surface area contributed by atoms with E-state index in [0.717, 1.165) is 6.07 Å². The van der Waals surface area contributed by atoms with E-state index in [1.807, 2.05) is 0 Å². The van der Waals surface area contributed by atoms with E-state index in [9.17, 15) is 9.18 Å². The predicted octanol–water partition coefficient (Wildman–Crippen LogP) is 2.23. The molecule has 0 aliphatic heterocycles. The molecular formula is C11H8FNO2. The average Bonchev–Trinajstić information content (AvgIpc) is 2.69. The van der Waals surface area contributed by atoms with Crippen LogP contribution < -0.4 is 5.73 Å². The van der Waals surface area contributed by atoms with Gasteiger partial charge in [0.25, 0.3) is 0 Å². The number of benzene rings is 1. The number of nitrogen functional groups attached to an aromatic ring is 1. The van der Waals surface area contributed by atoms with Gasteiger partial charge in [-0.1, -0.05) is 0 Å². The Balaban J connectivity index is 2.42. The lowest BCUT2D eigenvalue weighted by Crippen LogP contribution is -2.04. The lowest BCUT2D eigenvalue weighted by molar-refractivity contribution is 0.101. The van der Waals surface area contributed by atoms with Crippen molar-refractivity contribution in [3.8, 4) is 0 Å². The van der Waals surface area contributed by atoms with E-state index < -0.39 is 5.82 Å². The minimum Gasteiger partial charge on any atom is -0.461 e. The summed E-state index contributed by atoms with van der Waals surface area (Å²) < 4.78 is 17.7. The van der Waals surface area contributed by atoms with Crippen LogP contribution in [-0.2, 0) is 0 Å². The Morgan fingerprint density at radius 3 is 2.73 bits per heavy atom. The SMILES string of the molecule is Nc1cc(F)ccc1C(=O)c1ccco1. The first-order valence-electron chi connectivity index (χ1n) is 4.31. The van der Waals surface area contributed by atoms with Crippen molar-refractivity contribution in [2.75, 3.05) is 5.73 Å². The minimum absolute atomic E-state index is 0.108. The predicted molar refractivity (Wildman–Crippen MR) is 53.0 cm³/mol. The fraction of sp³-hybridized carbons (Fsp3) is 0. The van der Waals surface area contributed by atoms with E-state index in [1.54, 1.807) is 6.07 Å². The van der Waals surface area contributed by atoms with Crippen LogP contribution in [0.1, 0.15) is 16.1 Å². The third kappa shape index (κ3) is 1.74. The molecule has 0 saturated carbocycles. The van der Waals surface area contributed by atoms with Gasteiger partial charge in [-0.2, -0.15) is 0 Å². The maximum Gasteiger partial charge on any atom is 0.230 e. The summed E-state index contributed by atoms with van der Waals surface area (Å²) in [5.74, 6) is -0.630. The summed E-state index contributed by atoms with van der Waals surface area (Å²) in [5.41, 5.74) is 5.88. The van der Waals surface area contributed by atoms with Crippen molar-refractivity contribution >= 4 is 11.5 Å². The van der Waals surface area contributed by atoms with Crippen molar-refractivity contribution in [2.45, 2.75) is 0 Å². The Morgan fingerprint density at radius 1 is 1.33 bits per heavy atom. The van der Waals surface area contributed by atoms with Gasteiger partial charge in [0.05, 0.1) is 6.26 Å². The second-order valence-corrected chi connectivity index (χ2v) is 3.04. The highest BCUT2D eigenvalue weighted by atomic mass is 19.1. The van der Waals surface area contributed by atoms with Crippen molar-refractivity contribution in [3.63, 3.8) is 0 Å². The molecule has 0 amide bonds. The summed E-state index contributed by atoms with van der Waals surface area (Å²) in [7, 11) is 0. The molecule has 15 heavy (non-hydrogen) atoms. The Bertz CT molecular complexity index is 491. The van der Waals surface area contributed by atoms with Crippen LogP contribution in [0.25, 0.3) is 0 Å². The van der Waals surface area contributed by atoms with Crippen molar-refractivity contribution in [1.29, 1.82) is 0 Å². The van der Waals surface area contributed by atoms with E-state index in [2.05, 4.69) is 0 Å². The second-order valence-electron chi connectivity index (χ2n) is 3.04. The lowest BCUT2D eigenvalue weighted by atomic mass is 10.1. The van der Waals surface area contributed by atoms with E-state index in [-0.39, 0.29) is 22.8 Å². The largest absolute Gasteiger partial charge is 0.461 e. The molecule has 2 aromatic rings. The van der Waals surface area contributed by atoms with Crippen LogP contribution in [0.2, 0.25) is 0 Å². The first kappa shape index (κ1) is 9.45. The van der Waals surface area contributed by atoms with Crippen molar-refractivity contribution in [2.24, 2.45) is 0 Å². The van der Waals surface area contributed by atoms with Gasteiger partial charge in [-0.15, -0.1) is 0 Å². The molecule has 0 unspecified atom stereocenters. The minimum atomic E-state index is -0.469. The van der Waals surface area contributed by atoms with Gasteiger partial charge < -0.3 is 10.2 Å². The third-order valence-corrected chi connectivity index (χ3v) is 2.00. The molecule has 0 atom stereocenters. The number of ketones is 1. The number of carbonyl (C=O) groups is 1. The summed E-state index contributed by atoms with van der Waals surface area (Å²) >= 11 is 0. The quantitative estimate of drug-likeness (QED) is 0.604. The number of hydrogen-bond acceptors (Lipinski definition) is 3. The summed E-state index contributed by atoms with van der Waals surface area (Å²) in [6, 6.07) is 6.77. The molecule has 3 nitrogen and oxygen atoms in total. The number of nitrogens with two attached hydrogens (primary N) is 1. The van der Waals surface area contributed by atoms with E-state index in [4.69, 9.17) is 10.2 Å². The second kappa shape index (κ2) is 3.57. The van der Waals surface area contributed by atoms with E-state index in [1.165, 1.54) is 24.5 Å². The number of anilines is 1. The molecule has 0 saturated heterocycles. The Hall–Kier alpha value is -2.10. The normalized spacial score (nSPS) is 10.2. The molecule has 4 heteroatoms. The maximum absolute atomic E-state index is 12.7. The van der Waals surface area contributed by atoms with Crippen LogP contribution in [0.15, 0.2) is 41.0 Å². The van der Waals surface area contributed by atoms with Gasteiger partial charge in [0.2, 0.25) is 5.78 Å². The van der Waals surface area contributed by atoms with E-state index in [0.29, 0.717) is 0 Å². The van der Waals surface area contributed by atoms with Gasteiger partial charge in [-0.05, 0) is 30.3 Å². The molecule has 0 radical (unpaired) electrons. The zero-order valence-electron chi connectivity index (χ0n) is 7.74. The Labute approximate surface area is 85.3 Å². The smallest absolute Gasteiger partial charge is 0.230 e. The summed E-state index contributed by atoms with van der Waals surface area (Å²) in [4.78, 5) is 11.7. The molecule has 2 N–H and O–H groups in total. The standard InChI is InChI=1S/C11H8FNO2/c12-7-3-4-8(9(13)6-7)11(14)10-2-1-5-15-10/h1-6H,13H2. The van der Waals surface area contributed by atoms with Crippen molar-refractivity contribution in [1.82, 2.24) is 0 Å². The summed E-state index contributed by atoms with van der Waals surface area (Å²) in [6.45, 7) is 0. The Morgan fingerprint density at radius 2 is 2.13 bits per heavy atom. The van der Waals surface area contributed by atoms with Gasteiger partial charge >= 0.3 is 0 Å². The van der Waals surface area contributed by atoms with Crippen molar-refractivity contribution in [3.05, 3.63) is 53.7 Å². The van der Waals surface area contributed by atoms with Crippen LogP contribution in [0.5, 0.6) is 0 Å². The number of hydrogen-bond donors (Lipinski definition) is 1. The topological polar surface area (TPSA) is 56.2 Å². The summed E-state index contributed by atoms with van der Waals surface area (Å²) in [6.07, 6.45) is 1.40. The third-order valence-electron chi connectivity index (χ3n) is 2.00. The highest BCUT2D eigenvalue weighted by Gasteiger charge is 2.14. The fourth-order valence-electron chi connectivity index (χ4n) is 1.28. The van der Waals surface area contributed by atoms with Crippen LogP contribution in [0.4, 0.5) is 10.1 Å². The molecule has 0 bridgehead atoms. The molecule has 0 aliphatic carbocycles. The average molecular weight is 205 g/mol. The first-order valence-corrected chi connectivity index (χ1v) is 4.31. The number of halogens is 1. The molecule has 76 valence electrons. The monoisotopic (exact) mass is 205 g/mol. The maximum atomic E-state index is 12.7. The summed E-state index contributed by atoms with van der Waals surface area (Å²) in [5, 5.41) is 0. The molecule has 0 aliphatic rings. The van der Waals surface area contributed by atoms with Gasteiger partial charge in [0.1, 0.15) is 5.82 Å². The van der Waals surface area contributed by atoms with Crippen LogP contribution in [0, 0.1) is 5.82 Å². The first-order chi connectivity index (χ1) is 7.18. The zero-order valence-corrected chi connectivity index (χ0v) is 7.74. The van der Waals surface area contributed by atoms with Crippen LogP contribution in [-0.4, -0.2) is 5.78 Å². The van der Waals surface area contributed by atoms with Gasteiger partial charge in [0, 0.05) is 11.3 Å². The zero-order chi connectivity index (χ0) is 10.8. The molecule has 2 rings (SSSR count). The van der Waals surface area contributed by atoms with Crippen molar-refractivity contribution < 1.29 is 13.6 Å². The molecule has 1 aromatic carbocycles. The Kier molecular flexibility index (Phi) is 2.25. The van der Waals surface area contributed by atoms with E-state index >= 15 is 0 Å². The van der Waals surface area contributed by atoms with Gasteiger partial charge in [0.15, 0.2) is 5.76 Å². The number of furan rings is 1. The molecule has 0 spiro atoms. The van der Waals surface area contributed by atoms with Gasteiger partial charge in [-0.25, -0.2) is 4.39 Å². The molecule has 1 aromatic heterocycles. The molecular weight excluding hydrogens is 197 g/mol.